The summed E-state index contributed by atoms with van der Waals surface area (Å²) in [6, 6.07) is 4.52. The summed E-state index contributed by atoms with van der Waals surface area (Å²) in [5.74, 6) is -2.92. The molecule has 2 N–H and O–H groups in total. The predicted molar refractivity (Wildman–Crippen MR) is 114 cm³/mol. The third-order valence-corrected chi connectivity index (χ3v) is 6.25. The maximum atomic E-state index is 14.1. The van der Waals surface area contributed by atoms with Crippen LogP contribution in [0.3, 0.4) is 0 Å². The summed E-state index contributed by atoms with van der Waals surface area (Å²) in [5.41, 5.74) is -0.512. The van der Waals surface area contributed by atoms with Gasteiger partial charge in [-0.1, -0.05) is 12.1 Å². The maximum absolute atomic E-state index is 14.1. The number of aryl methyl sites for hydroxylation is 1. The van der Waals surface area contributed by atoms with Gasteiger partial charge in [-0.25, -0.2) is 18.7 Å². The van der Waals surface area contributed by atoms with Crippen LogP contribution in [0, 0.1) is 6.92 Å². The Morgan fingerprint density at radius 3 is 2.63 bits per heavy atom. The molecule has 1 saturated heterocycles. The van der Waals surface area contributed by atoms with E-state index in [0.29, 0.717) is 36.0 Å². The lowest BCUT2D eigenvalue weighted by Crippen LogP contribution is -2.43. The molecular weight excluding hydrogens is 472 g/mol. The summed E-state index contributed by atoms with van der Waals surface area (Å²) in [5, 5.41) is 5.54. The highest BCUT2D eigenvalue weighted by atomic mass is 19.3. The maximum Gasteiger partial charge on any atom is 0.310 e. The monoisotopic (exact) mass is 496 g/mol. The van der Waals surface area contributed by atoms with Gasteiger partial charge in [0.1, 0.15) is 22.9 Å². The van der Waals surface area contributed by atoms with Crippen molar-refractivity contribution in [2.45, 2.75) is 56.9 Å². The Balaban J connectivity index is 1.41. The molecule has 1 aromatic heterocycles. The molecule has 0 atom stereocenters. The van der Waals surface area contributed by atoms with Crippen LogP contribution in [0.4, 0.5) is 23.4 Å². The summed E-state index contributed by atoms with van der Waals surface area (Å²) in [4.78, 5) is 21.4. The van der Waals surface area contributed by atoms with Crippen LogP contribution in [-0.2, 0) is 33.2 Å². The molecule has 3 aliphatic rings. The van der Waals surface area contributed by atoms with Crippen molar-refractivity contribution in [1.29, 1.82) is 0 Å². The number of carbonyl (C=O) groups excluding carboxylic acids is 1. The van der Waals surface area contributed by atoms with E-state index >= 15 is 0 Å². The molecule has 1 saturated carbocycles. The van der Waals surface area contributed by atoms with Gasteiger partial charge >= 0.3 is 5.92 Å². The molecule has 35 heavy (non-hydrogen) atoms. The smallest absolute Gasteiger partial charge is 0.310 e. The molecule has 0 bridgehead atoms. The minimum absolute atomic E-state index is 0.0928. The molecule has 3 heterocycles. The van der Waals surface area contributed by atoms with Gasteiger partial charge in [-0.15, -0.1) is 0 Å². The van der Waals surface area contributed by atoms with Gasteiger partial charge in [0.15, 0.2) is 12.9 Å². The number of halogens is 4. The van der Waals surface area contributed by atoms with Crippen molar-refractivity contribution in [1.82, 2.24) is 15.3 Å². The summed E-state index contributed by atoms with van der Waals surface area (Å²) < 4.78 is 71.2. The van der Waals surface area contributed by atoms with Crippen LogP contribution < -0.4 is 15.4 Å². The van der Waals surface area contributed by atoms with E-state index in [2.05, 4.69) is 20.6 Å². The number of rotatable bonds is 8. The number of carbonyl (C=O) groups is 1. The second-order valence-corrected chi connectivity index (χ2v) is 8.88. The van der Waals surface area contributed by atoms with Crippen molar-refractivity contribution in [3.8, 4) is 5.75 Å². The first kappa shape index (κ1) is 23.7. The Morgan fingerprint density at radius 1 is 1.20 bits per heavy atom. The van der Waals surface area contributed by atoms with Crippen LogP contribution in [0.2, 0.25) is 0 Å². The average Bonchev–Trinajstić information content (AvgIpc) is 3.24. The molecule has 1 aliphatic carbocycles. The molecule has 1 aromatic carbocycles. The lowest BCUT2D eigenvalue weighted by molar-refractivity contribution is -0.122. The number of anilines is 1. The van der Waals surface area contributed by atoms with Gasteiger partial charge in [0.05, 0.1) is 36.5 Å². The van der Waals surface area contributed by atoms with E-state index in [1.807, 2.05) is 0 Å². The second-order valence-electron chi connectivity index (χ2n) is 8.88. The van der Waals surface area contributed by atoms with Crippen LogP contribution in [0.5, 0.6) is 5.75 Å². The van der Waals surface area contributed by atoms with Crippen molar-refractivity contribution in [3.05, 3.63) is 46.4 Å². The van der Waals surface area contributed by atoms with Gasteiger partial charge < -0.3 is 24.8 Å². The highest BCUT2D eigenvalue weighted by Crippen LogP contribution is 2.44. The van der Waals surface area contributed by atoms with Crippen molar-refractivity contribution < 1.29 is 36.6 Å². The standard InChI is InChI=1S/C23H24F4N4O4/c1-12-29-15(9-16(32)31-22(5-6-22)21(24)25)17(20-33-7-8-34-20)19(30-12)28-10-13-3-2-4-14-18(13)35-11-23(14,26)27/h2-4,20-21H,5-11H2,1H3,(H,31,32)(H,28,29,30). The van der Waals surface area contributed by atoms with Crippen molar-refractivity contribution in [2.24, 2.45) is 0 Å². The number of nitrogens with zero attached hydrogens (tertiary/aromatic N) is 2. The number of fused-ring (bicyclic) bond motifs is 1. The summed E-state index contributed by atoms with van der Waals surface area (Å²) in [7, 11) is 0. The molecule has 12 heteroatoms. The van der Waals surface area contributed by atoms with E-state index in [0.717, 1.165) is 0 Å². The molecule has 0 unspecified atom stereocenters. The number of alkyl halides is 4. The fourth-order valence-corrected chi connectivity index (χ4v) is 4.29. The van der Waals surface area contributed by atoms with Gasteiger partial charge in [0.2, 0.25) is 5.91 Å². The fraction of sp³-hybridized carbons (Fsp3) is 0.522. The third kappa shape index (κ3) is 4.64. The first-order chi connectivity index (χ1) is 16.7. The molecule has 2 fully saturated rings. The zero-order chi connectivity index (χ0) is 24.8. The number of para-hydroxylation sites is 1. The van der Waals surface area contributed by atoms with Crippen LogP contribution in [0.15, 0.2) is 18.2 Å². The third-order valence-electron chi connectivity index (χ3n) is 6.25. The highest BCUT2D eigenvalue weighted by Gasteiger charge is 2.52. The van der Waals surface area contributed by atoms with Crippen molar-refractivity contribution in [3.63, 3.8) is 0 Å². The van der Waals surface area contributed by atoms with Gasteiger partial charge in [-0.2, -0.15) is 8.78 Å². The van der Waals surface area contributed by atoms with E-state index in [-0.39, 0.29) is 42.8 Å². The second kappa shape index (κ2) is 8.90. The van der Waals surface area contributed by atoms with Crippen molar-refractivity contribution >= 4 is 11.7 Å². The Hall–Kier alpha value is -2.99. The van der Waals surface area contributed by atoms with E-state index < -0.39 is 36.7 Å². The highest BCUT2D eigenvalue weighted by molar-refractivity contribution is 5.80. The number of ether oxygens (including phenoxy) is 3. The lowest BCUT2D eigenvalue weighted by Gasteiger charge is -2.21. The molecule has 0 spiro atoms. The fourth-order valence-electron chi connectivity index (χ4n) is 4.29. The first-order valence-electron chi connectivity index (χ1n) is 11.3. The predicted octanol–water partition coefficient (Wildman–Crippen LogP) is 3.38. The summed E-state index contributed by atoms with van der Waals surface area (Å²) in [6.45, 7) is 1.62. The van der Waals surface area contributed by atoms with E-state index in [1.165, 1.54) is 12.1 Å². The van der Waals surface area contributed by atoms with Crippen molar-refractivity contribution in [2.75, 3.05) is 25.1 Å². The minimum atomic E-state index is -3.06. The van der Waals surface area contributed by atoms with Crippen LogP contribution in [0.1, 0.15) is 47.3 Å². The summed E-state index contributed by atoms with van der Waals surface area (Å²) in [6.07, 6.45) is -3.36. The number of hydrogen-bond acceptors (Lipinski definition) is 7. The van der Waals surface area contributed by atoms with E-state index in [1.54, 1.807) is 13.0 Å². The number of benzene rings is 1. The zero-order valence-corrected chi connectivity index (χ0v) is 18.9. The molecule has 5 rings (SSSR count). The number of hydrogen-bond donors (Lipinski definition) is 2. The zero-order valence-electron chi connectivity index (χ0n) is 18.9. The van der Waals surface area contributed by atoms with E-state index in [4.69, 9.17) is 14.2 Å². The molecule has 0 radical (unpaired) electrons. The molecule has 1 amide bonds. The number of aromatic nitrogens is 2. The number of amides is 1. The Kier molecular flexibility index (Phi) is 6.04. The largest absolute Gasteiger partial charge is 0.486 e. The topological polar surface area (TPSA) is 94.6 Å². The summed E-state index contributed by atoms with van der Waals surface area (Å²) >= 11 is 0. The number of nitrogens with one attached hydrogen (secondary N) is 2. The van der Waals surface area contributed by atoms with Gasteiger partial charge in [-0.3, -0.25) is 4.79 Å². The minimum Gasteiger partial charge on any atom is -0.486 e. The Morgan fingerprint density at radius 2 is 1.94 bits per heavy atom. The Bertz CT molecular complexity index is 1140. The van der Waals surface area contributed by atoms with Gasteiger partial charge in [-0.05, 0) is 25.8 Å². The molecular formula is C23H24F4N4O4. The molecule has 188 valence electrons. The van der Waals surface area contributed by atoms with Gasteiger partial charge in [0, 0.05) is 12.1 Å². The lowest BCUT2D eigenvalue weighted by atomic mass is 10.1. The molecule has 8 nitrogen and oxygen atoms in total. The first-order valence-corrected chi connectivity index (χ1v) is 11.3. The van der Waals surface area contributed by atoms with Crippen LogP contribution in [0.25, 0.3) is 0 Å². The van der Waals surface area contributed by atoms with Crippen LogP contribution in [-0.4, -0.2) is 47.7 Å². The molecule has 2 aliphatic heterocycles. The average molecular weight is 496 g/mol. The van der Waals surface area contributed by atoms with E-state index in [9.17, 15) is 22.4 Å². The van der Waals surface area contributed by atoms with Gasteiger partial charge in [0.25, 0.3) is 6.43 Å². The Labute approximate surface area is 198 Å². The normalized spacial score (nSPS) is 19.9. The quantitative estimate of drug-likeness (QED) is 0.541. The molecule has 2 aromatic rings. The SMILES string of the molecule is Cc1nc(CC(=O)NC2(C(F)F)CC2)c(C2OCCO2)c(NCc2cccc3c2OCC3(F)F)n1. The van der Waals surface area contributed by atoms with Crippen LogP contribution >= 0.6 is 0 Å².